The molecule has 0 spiro atoms. The smallest absolute Gasteiger partial charge is 0.362 e. The summed E-state index contributed by atoms with van der Waals surface area (Å²) < 4.78 is 37.6. The van der Waals surface area contributed by atoms with Crippen molar-refractivity contribution in [1.82, 2.24) is 9.88 Å². The first kappa shape index (κ1) is 19.3. The van der Waals surface area contributed by atoms with Gasteiger partial charge in [0, 0.05) is 36.9 Å². The monoisotopic (exact) mass is 367 g/mol. The first-order valence-corrected chi connectivity index (χ1v) is 8.63. The number of amidine groups is 1. The fourth-order valence-electron chi connectivity index (χ4n) is 2.29. The molecule has 0 bridgehead atoms. The van der Waals surface area contributed by atoms with Gasteiger partial charge in [0.15, 0.2) is 0 Å². The van der Waals surface area contributed by atoms with Crippen molar-refractivity contribution in [3.63, 3.8) is 0 Å². The lowest BCUT2D eigenvalue weighted by molar-refractivity contribution is -0.105. The van der Waals surface area contributed by atoms with Crippen molar-refractivity contribution in [3.8, 4) is 0 Å². The van der Waals surface area contributed by atoms with E-state index < -0.39 is 11.9 Å². The average Bonchev–Trinajstić information content (AvgIpc) is 2.52. The van der Waals surface area contributed by atoms with Gasteiger partial charge in [0.05, 0.1) is 11.4 Å². The van der Waals surface area contributed by atoms with Crippen molar-refractivity contribution in [1.29, 1.82) is 0 Å². The molecule has 0 saturated heterocycles. The van der Waals surface area contributed by atoms with Crippen LogP contribution in [0.5, 0.6) is 0 Å². The predicted octanol–water partition coefficient (Wildman–Crippen LogP) is 4.99. The van der Waals surface area contributed by atoms with Crippen molar-refractivity contribution in [2.24, 2.45) is 4.99 Å². The van der Waals surface area contributed by atoms with E-state index in [-0.39, 0.29) is 0 Å². The second kappa shape index (κ2) is 7.91. The minimum atomic E-state index is -4.20. The third-order valence-corrected chi connectivity index (χ3v) is 4.68. The highest BCUT2D eigenvalue weighted by Gasteiger charge is 2.27. The molecule has 0 atom stereocenters. The maximum absolute atomic E-state index is 12.5. The van der Waals surface area contributed by atoms with Gasteiger partial charge in [-0.15, -0.1) is 11.8 Å². The maximum Gasteiger partial charge on any atom is 0.398 e. The summed E-state index contributed by atoms with van der Waals surface area (Å²) in [6.45, 7) is 3.72. The Hall–Kier alpha value is -2.02. The van der Waals surface area contributed by atoms with Crippen LogP contribution in [0.25, 0.3) is 0 Å². The molecule has 3 nitrogen and oxygen atoms in total. The van der Waals surface area contributed by atoms with Crippen molar-refractivity contribution in [2.75, 3.05) is 19.8 Å². The lowest BCUT2D eigenvalue weighted by atomic mass is 10.1. The number of thioether (sulfide) groups is 1. The molecule has 1 heterocycles. The van der Waals surface area contributed by atoms with Crippen molar-refractivity contribution >= 4 is 23.3 Å². The lowest BCUT2D eigenvalue weighted by Crippen LogP contribution is -2.23. The number of nitrogens with zero attached hydrogens (tertiary/aromatic N) is 3. The zero-order valence-corrected chi connectivity index (χ0v) is 15.4. The van der Waals surface area contributed by atoms with Crippen LogP contribution in [-0.2, 0) is 0 Å². The molecule has 1 aromatic heterocycles. The molecule has 2 rings (SSSR count). The van der Waals surface area contributed by atoms with Gasteiger partial charge >= 0.3 is 6.18 Å². The molecule has 134 valence electrons. The Bertz CT molecular complexity index is 756. The van der Waals surface area contributed by atoms with E-state index in [1.54, 1.807) is 18.5 Å². The van der Waals surface area contributed by atoms with Gasteiger partial charge in [-0.2, -0.15) is 13.2 Å². The standard InChI is InChI=1S/C18H20F3N3S/c1-12-8-13(2)16(25-11-18(19,20)21)9-15(12)23-17(24(3)4)14-6-5-7-22-10-14/h5-10H,11H2,1-4H3. The van der Waals surface area contributed by atoms with Gasteiger partial charge in [-0.25, -0.2) is 4.99 Å². The first-order valence-electron chi connectivity index (χ1n) is 7.64. The zero-order chi connectivity index (χ0) is 18.6. The molecule has 0 radical (unpaired) electrons. The SMILES string of the molecule is Cc1cc(C)c(SCC(F)(F)F)cc1N=C(c1cccnc1)N(C)C. The summed E-state index contributed by atoms with van der Waals surface area (Å²) in [7, 11) is 3.74. The number of hydrogen-bond acceptors (Lipinski definition) is 3. The number of halogens is 3. The third-order valence-electron chi connectivity index (χ3n) is 3.45. The van der Waals surface area contributed by atoms with Crippen molar-refractivity contribution < 1.29 is 13.2 Å². The molecule has 0 aliphatic rings. The largest absolute Gasteiger partial charge is 0.398 e. The van der Waals surface area contributed by atoms with Crippen LogP contribution in [0.3, 0.4) is 0 Å². The minimum absolute atomic E-state index is 0.589. The lowest BCUT2D eigenvalue weighted by Gasteiger charge is -2.17. The number of pyridine rings is 1. The van der Waals surface area contributed by atoms with Crippen LogP contribution < -0.4 is 0 Å². The quantitative estimate of drug-likeness (QED) is 0.433. The molecule has 0 fully saturated rings. The van der Waals surface area contributed by atoms with Crippen molar-refractivity contribution in [3.05, 3.63) is 53.3 Å². The molecule has 0 aliphatic carbocycles. The van der Waals surface area contributed by atoms with Gasteiger partial charge in [0.2, 0.25) is 0 Å². The van der Waals surface area contributed by atoms with E-state index in [4.69, 9.17) is 0 Å². The Morgan fingerprint density at radius 1 is 1.20 bits per heavy atom. The van der Waals surface area contributed by atoms with Crippen LogP contribution in [-0.4, -0.2) is 41.7 Å². The highest BCUT2D eigenvalue weighted by molar-refractivity contribution is 7.99. The van der Waals surface area contributed by atoms with Gasteiger partial charge < -0.3 is 4.90 Å². The summed E-state index contributed by atoms with van der Waals surface area (Å²) in [5.41, 5.74) is 3.23. The second-order valence-electron chi connectivity index (χ2n) is 5.88. The molecular weight excluding hydrogens is 347 g/mol. The molecule has 7 heteroatoms. The number of alkyl halides is 3. The average molecular weight is 367 g/mol. The van der Waals surface area contributed by atoms with Gasteiger partial charge in [0.25, 0.3) is 0 Å². The molecule has 0 saturated carbocycles. The van der Waals surface area contributed by atoms with E-state index in [0.29, 0.717) is 16.4 Å². The minimum Gasteiger partial charge on any atom is -0.362 e. The van der Waals surface area contributed by atoms with Crippen LogP contribution in [0.2, 0.25) is 0 Å². The van der Waals surface area contributed by atoms with E-state index >= 15 is 0 Å². The Morgan fingerprint density at radius 3 is 2.48 bits per heavy atom. The third kappa shape index (κ3) is 5.49. The van der Waals surface area contributed by atoms with Gasteiger partial charge in [-0.1, -0.05) is 6.07 Å². The predicted molar refractivity (Wildman–Crippen MR) is 96.8 cm³/mol. The first-order chi connectivity index (χ1) is 11.7. The highest BCUT2D eigenvalue weighted by atomic mass is 32.2. The zero-order valence-electron chi connectivity index (χ0n) is 14.6. The van der Waals surface area contributed by atoms with E-state index in [1.807, 2.05) is 51.0 Å². The summed E-state index contributed by atoms with van der Waals surface area (Å²) in [6, 6.07) is 7.31. The fraction of sp³-hybridized carbons (Fsp3) is 0.333. The summed E-state index contributed by atoms with van der Waals surface area (Å²) in [5, 5.41) is 0. The molecule has 2 aromatic rings. The van der Waals surface area contributed by atoms with Gasteiger partial charge in [0.1, 0.15) is 5.84 Å². The van der Waals surface area contributed by atoms with Crippen LogP contribution >= 0.6 is 11.8 Å². The Balaban J connectivity index is 2.43. The number of aryl methyl sites for hydroxylation is 2. The van der Waals surface area contributed by atoms with Crippen LogP contribution in [0.15, 0.2) is 46.5 Å². The molecular formula is C18H20F3N3S. The second-order valence-corrected chi connectivity index (χ2v) is 6.90. The van der Waals surface area contributed by atoms with Crippen molar-refractivity contribution in [2.45, 2.75) is 24.9 Å². The summed E-state index contributed by atoms with van der Waals surface area (Å²) >= 11 is 0.788. The van der Waals surface area contributed by atoms with Gasteiger partial charge in [-0.05, 0) is 43.2 Å². The Kier molecular flexibility index (Phi) is 6.11. The molecule has 0 amide bonds. The highest BCUT2D eigenvalue weighted by Crippen LogP contribution is 2.34. The normalized spacial score (nSPS) is 12.4. The number of benzene rings is 1. The number of aromatic nitrogens is 1. The topological polar surface area (TPSA) is 28.5 Å². The van der Waals surface area contributed by atoms with Crippen LogP contribution in [0.1, 0.15) is 16.7 Å². The molecule has 25 heavy (non-hydrogen) atoms. The summed E-state index contributed by atoms with van der Waals surface area (Å²) in [4.78, 5) is 11.2. The van der Waals surface area contributed by atoms with Crippen LogP contribution in [0.4, 0.5) is 18.9 Å². The molecule has 0 unspecified atom stereocenters. The van der Waals surface area contributed by atoms with E-state index in [0.717, 1.165) is 28.5 Å². The number of hydrogen-bond donors (Lipinski definition) is 0. The molecule has 1 aromatic carbocycles. The number of aliphatic imine (C=N–C) groups is 1. The van der Waals surface area contributed by atoms with E-state index in [9.17, 15) is 13.2 Å². The van der Waals surface area contributed by atoms with Gasteiger partial charge in [-0.3, -0.25) is 4.98 Å². The van der Waals surface area contributed by atoms with E-state index in [1.165, 1.54) is 0 Å². The molecule has 0 N–H and O–H groups in total. The maximum atomic E-state index is 12.5. The molecule has 0 aliphatic heterocycles. The van der Waals surface area contributed by atoms with E-state index in [2.05, 4.69) is 9.98 Å². The fourth-order valence-corrected chi connectivity index (χ4v) is 3.09. The Morgan fingerprint density at radius 2 is 1.92 bits per heavy atom. The van der Waals surface area contributed by atoms with Crippen LogP contribution in [0, 0.1) is 13.8 Å². The summed E-state index contributed by atoms with van der Waals surface area (Å²) in [6.07, 6.45) is -0.808. The number of rotatable bonds is 4. The Labute approximate surface area is 150 Å². The summed E-state index contributed by atoms with van der Waals surface area (Å²) in [5.74, 6) is -0.213.